The van der Waals surface area contributed by atoms with Gasteiger partial charge in [-0.25, -0.2) is 4.98 Å². The van der Waals surface area contributed by atoms with E-state index in [1.807, 2.05) is 0 Å². The highest BCUT2D eigenvalue weighted by Gasteiger charge is 2.20. The third kappa shape index (κ3) is 4.42. The standard InChI is InChI=1S/C11H14.C7H12N4O/c1-8-3-4-10-6-9(2)7-11(10)5-8;1-7(2,12)4-3-10-6(9)11-5(4)8/h3-5,9H,6-7H2,1-2H3;3,12H,1-2H3,(H4,8,9,10,11)/t9-;/m0./s1. The van der Waals surface area contributed by atoms with E-state index in [2.05, 4.69) is 42.0 Å². The van der Waals surface area contributed by atoms with Crippen LogP contribution in [0.3, 0.4) is 0 Å². The Morgan fingerprint density at radius 1 is 1.17 bits per heavy atom. The number of nitrogens with two attached hydrogens (primary N) is 2. The molecule has 124 valence electrons. The number of aryl methyl sites for hydroxylation is 1. The number of hydrogen-bond donors (Lipinski definition) is 3. The van der Waals surface area contributed by atoms with Crippen molar-refractivity contribution in [1.82, 2.24) is 9.97 Å². The Balaban J connectivity index is 0.000000167. The minimum Gasteiger partial charge on any atom is -0.386 e. The lowest BCUT2D eigenvalue weighted by atomic mass is 10.0. The van der Waals surface area contributed by atoms with Crippen LogP contribution in [0, 0.1) is 12.8 Å². The molecule has 3 rings (SSSR count). The van der Waals surface area contributed by atoms with Gasteiger partial charge in [0.1, 0.15) is 5.82 Å². The van der Waals surface area contributed by atoms with Crippen LogP contribution >= 0.6 is 0 Å². The van der Waals surface area contributed by atoms with Gasteiger partial charge in [-0.1, -0.05) is 30.7 Å². The van der Waals surface area contributed by atoms with Crippen molar-refractivity contribution in [2.24, 2.45) is 5.92 Å². The van der Waals surface area contributed by atoms with Crippen LogP contribution < -0.4 is 11.5 Å². The number of benzene rings is 1. The normalized spacial score (nSPS) is 16.5. The molecule has 0 unspecified atom stereocenters. The van der Waals surface area contributed by atoms with Gasteiger partial charge < -0.3 is 16.6 Å². The van der Waals surface area contributed by atoms with Crippen molar-refractivity contribution in [2.45, 2.75) is 46.1 Å². The van der Waals surface area contributed by atoms with Gasteiger partial charge in [0, 0.05) is 11.8 Å². The summed E-state index contributed by atoms with van der Waals surface area (Å²) in [6.07, 6.45) is 4.00. The molecular formula is C18H26N4O. The Morgan fingerprint density at radius 3 is 2.43 bits per heavy atom. The summed E-state index contributed by atoms with van der Waals surface area (Å²) in [7, 11) is 0. The molecule has 1 aromatic carbocycles. The Labute approximate surface area is 137 Å². The third-order valence-electron chi connectivity index (χ3n) is 3.99. The zero-order valence-corrected chi connectivity index (χ0v) is 14.3. The van der Waals surface area contributed by atoms with Crippen molar-refractivity contribution in [3.63, 3.8) is 0 Å². The maximum absolute atomic E-state index is 9.56. The van der Waals surface area contributed by atoms with E-state index in [1.165, 1.54) is 24.6 Å². The predicted octanol–water partition coefficient (Wildman–Crippen LogP) is 2.60. The number of aliphatic hydroxyl groups is 1. The van der Waals surface area contributed by atoms with Crippen LogP contribution in [0.5, 0.6) is 0 Å². The van der Waals surface area contributed by atoms with Gasteiger partial charge in [0.25, 0.3) is 0 Å². The number of fused-ring (bicyclic) bond motifs is 1. The Kier molecular flexibility index (Phi) is 4.90. The highest BCUT2D eigenvalue weighted by Crippen LogP contribution is 2.26. The molecule has 0 bridgehead atoms. The van der Waals surface area contributed by atoms with E-state index in [4.69, 9.17) is 11.5 Å². The second-order valence-corrected chi connectivity index (χ2v) is 6.87. The number of hydrogen-bond acceptors (Lipinski definition) is 5. The maximum atomic E-state index is 9.56. The molecule has 2 aromatic rings. The molecule has 1 heterocycles. The van der Waals surface area contributed by atoms with Crippen molar-refractivity contribution in [3.8, 4) is 0 Å². The Hall–Kier alpha value is -2.14. The maximum Gasteiger partial charge on any atom is 0.221 e. The molecule has 5 nitrogen and oxygen atoms in total. The second-order valence-electron chi connectivity index (χ2n) is 6.87. The lowest BCUT2D eigenvalue weighted by Gasteiger charge is -2.18. The van der Waals surface area contributed by atoms with E-state index in [0.29, 0.717) is 5.56 Å². The molecule has 0 amide bonds. The van der Waals surface area contributed by atoms with Crippen molar-refractivity contribution < 1.29 is 5.11 Å². The molecule has 1 aromatic heterocycles. The fourth-order valence-corrected chi connectivity index (χ4v) is 2.85. The first-order chi connectivity index (χ1) is 10.7. The first-order valence-corrected chi connectivity index (χ1v) is 7.86. The van der Waals surface area contributed by atoms with E-state index in [9.17, 15) is 5.11 Å². The van der Waals surface area contributed by atoms with E-state index < -0.39 is 5.60 Å². The molecule has 0 aliphatic heterocycles. The van der Waals surface area contributed by atoms with Crippen LogP contribution in [0.1, 0.15) is 43.0 Å². The van der Waals surface area contributed by atoms with Gasteiger partial charge in [0.2, 0.25) is 5.95 Å². The first kappa shape index (κ1) is 17.2. The smallest absolute Gasteiger partial charge is 0.221 e. The van der Waals surface area contributed by atoms with Crippen molar-refractivity contribution in [3.05, 3.63) is 46.6 Å². The summed E-state index contributed by atoms with van der Waals surface area (Å²) < 4.78 is 0. The van der Waals surface area contributed by atoms with E-state index in [1.54, 1.807) is 25.0 Å². The van der Waals surface area contributed by atoms with Crippen LogP contribution in [0.4, 0.5) is 11.8 Å². The molecule has 0 saturated heterocycles. The molecule has 5 heteroatoms. The first-order valence-electron chi connectivity index (χ1n) is 7.86. The molecule has 0 fully saturated rings. The molecule has 1 aliphatic rings. The molecule has 23 heavy (non-hydrogen) atoms. The number of aromatic nitrogens is 2. The van der Waals surface area contributed by atoms with Gasteiger partial charge in [-0.05, 0) is 50.7 Å². The average molecular weight is 314 g/mol. The topological polar surface area (TPSA) is 98.0 Å². The fourth-order valence-electron chi connectivity index (χ4n) is 2.85. The summed E-state index contributed by atoms with van der Waals surface area (Å²) in [5.41, 5.74) is 14.8. The Bertz CT molecular complexity index is 692. The largest absolute Gasteiger partial charge is 0.386 e. The summed E-state index contributed by atoms with van der Waals surface area (Å²) in [4.78, 5) is 7.46. The van der Waals surface area contributed by atoms with Crippen molar-refractivity contribution >= 4 is 11.8 Å². The SMILES string of the molecule is CC(C)(O)c1cnc(N)nc1N.Cc1ccc2c(c1)C[C@@H](C)C2. The minimum absolute atomic E-state index is 0.112. The van der Waals surface area contributed by atoms with Crippen LogP contribution in [0.2, 0.25) is 0 Å². The van der Waals surface area contributed by atoms with Gasteiger partial charge in [0.05, 0.1) is 5.60 Å². The second kappa shape index (κ2) is 6.54. The van der Waals surface area contributed by atoms with Crippen LogP contribution in [0.15, 0.2) is 24.4 Å². The molecule has 1 aliphatic carbocycles. The quantitative estimate of drug-likeness (QED) is 0.751. The summed E-state index contributed by atoms with van der Waals surface area (Å²) in [5.74, 6) is 1.20. The average Bonchev–Trinajstić information content (AvgIpc) is 2.77. The van der Waals surface area contributed by atoms with Crippen LogP contribution in [0.25, 0.3) is 0 Å². The zero-order chi connectivity index (χ0) is 17.2. The predicted molar refractivity (Wildman–Crippen MR) is 93.9 cm³/mol. The molecule has 5 N–H and O–H groups in total. The van der Waals surface area contributed by atoms with Crippen LogP contribution in [-0.2, 0) is 18.4 Å². The molecular weight excluding hydrogens is 288 g/mol. The molecule has 1 atom stereocenters. The number of nitrogen functional groups attached to an aromatic ring is 2. The Morgan fingerprint density at radius 2 is 1.83 bits per heavy atom. The van der Waals surface area contributed by atoms with E-state index >= 15 is 0 Å². The lowest BCUT2D eigenvalue weighted by molar-refractivity contribution is 0.0787. The number of anilines is 2. The van der Waals surface area contributed by atoms with Gasteiger partial charge in [-0.15, -0.1) is 0 Å². The highest BCUT2D eigenvalue weighted by molar-refractivity contribution is 5.44. The van der Waals surface area contributed by atoms with Gasteiger partial charge in [-0.2, -0.15) is 4.98 Å². The fraction of sp³-hybridized carbons (Fsp3) is 0.444. The summed E-state index contributed by atoms with van der Waals surface area (Å²) in [6, 6.07) is 6.84. The third-order valence-corrected chi connectivity index (χ3v) is 3.99. The highest BCUT2D eigenvalue weighted by atomic mass is 16.3. The zero-order valence-electron chi connectivity index (χ0n) is 14.3. The molecule has 0 saturated carbocycles. The van der Waals surface area contributed by atoms with E-state index in [-0.39, 0.29) is 11.8 Å². The van der Waals surface area contributed by atoms with Crippen LogP contribution in [-0.4, -0.2) is 15.1 Å². The molecule has 0 spiro atoms. The van der Waals surface area contributed by atoms with E-state index in [0.717, 1.165) is 5.92 Å². The van der Waals surface area contributed by atoms with Gasteiger partial charge >= 0.3 is 0 Å². The lowest BCUT2D eigenvalue weighted by Crippen LogP contribution is -2.19. The van der Waals surface area contributed by atoms with Crippen molar-refractivity contribution in [1.29, 1.82) is 0 Å². The number of nitrogens with zero attached hydrogens (tertiary/aromatic N) is 2. The van der Waals surface area contributed by atoms with Gasteiger partial charge in [0.15, 0.2) is 0 Å². The van der Waals surface area contributed by atoms with Gasteiger partial charge in [-0.3, -0.25) is 0 Å². The minimum atomic E-state index is -1.03. The summed E-state index contributed by atoms with van der Waals surface area (Å²) in [6.45, 7) is 7.72. The summed E-state index contributed by atoms with van der Waals surface area (Å²) in [5, 5.41) is 9.56. The molecule has 0 radical (unpaired) electrons. The number of rotatable bonds is 1. The summed E-state index contributed by atoms with van der Waals surface area (Å²) >= 11 is 0. The van der Waals surface area contributed by atoms with Crippen molar-refractivity contribution in [2.75, 3.05) is 11.5 Å². The monoisotopic (exact) mass is 314 g/mol.